The molecule has 0 saturated heterocycles. The Kier molecular flexibility index (Phi) is 4.05. The molecule has 2 aromatic heterocycles. The van der Waals surface area contributed by atoms with E-state index >= 15 is 0 Å². The van der Waals surface area contributed by atoms with Crippen LogP contribution in [-0.4, -0.2) is 44.5 Å². The van der Waals surface area contributed by atoms with E-state index in [4.69, 9.17) is 4.74 Å². The molecule has 1 aliphatic rings. The van der Waals surface area contributed by atoms with Gasteiger partial charge >= 0.3 is 0 Å². The second-order valence-electron chi connectivity index (χ2n) is 6.63. The summed E-state index contributed by atoms with van der Waals surface area (Å²) in [7, 11) is 2.08. The first-order valence-corrected chi connectivity index (χ1v) is 8.48. The van der Waals surface area contributed by atoms with Crippen molar-refractivity contribution in [3.63, 3.8) is 0 Å². The molecule has 128 valence electrons. The van der Waals surface area contributed by atoms with E-state index in [9.17, 15) is 0 Å². The third-order valence-electron chi connectivity index (χ3n) is 4.44. The second-order valence-corrected chi connectivity index (χ2v) is 6.63. The van der Waals surface area contributed by atoms with Crippen LogP contribution in [0.4, 0.5) is 0 Å². The summed E-state index contributed by atoms with van der Waals surface area (Å²) in [5.74, 6) is 1.51. The molecule has 6 heteroatoms. The zero-order chi connectivity index (χ0) is 17.4. The van der Waals surface area contributed by atoms with Crippen molar-refractivity contribution in [2.24, 2.45) is 0 Å². The van der Waals surface area contributed by atoms with Gasteiger partial charge < -0.3 is 4.74 Å². The van der Waals surface area contributed by atoms with Crippen LogP contribution in [0.15, 0.2) is 30.5 Å². The van der Waals surface area contributed by atoms with Crippen LogP contribution in [0.2, 0.25) is 0 Å². The summed E-state index contributed by atoms with van der Waals surface area (Å²) >= 11 is 0. The van der Waals surface area contributed by atoms with Gasteiger partial charge in [-0.2, -0.15) is 4.98 Å². The number of hydrogen-bond acceptors (Lipinski definition) is 6. The van der Waals surface area contributed by atoms with Gasteiger partial charge in [-0.1, -0.05) is 12.1 Å². The molecule has 6 nitrogen and oxygen atoms in total. The largest absolute Gasteiger partial charge is 0.472 e. The van der Waals surface area contributed by atoms with Crippen molar-refractivity contribution < 1.29 is 4.74 Å². The fourth-order valence-corrected chi connectivity index (χ4v) is 3.33. The van der Waals surface area contributed by atoms with E-state index < -0.39 is 0 Å². The minimum absolute atomic E-state index is 0.100. The quantitative estimate of drug-likeness (QED) is 0.730. The van der Waals surface area contributed by atoms with Crippen molar-refractivity contribution in [2.45, 2.75) is 32.9 Å². The van der Waals surface area contributed by atoms with Crippen LogP contribution in [0.5, 0.6) is 5.88 Å². The third-order valence-corrected chi connectivity index (χ3v) is 4.44. The van der Waals surface area contributed by atoms with Crippen LogP contribution in [-0.2, 0) is 13.0 Å². The maximum Gasteiger partial charge on any atom is 0.220 e. The van der Waals surface area contributed by atoms with Crippen LogP contribution in [0.1, 0.15) is 22.8 Å². The van der Waals surface area contributed by atoms with Gasteiger partial charge in [-0.15, -0.1) is 0 Å². The molecule has 0 spiro atoms. The lowest BCUT2D eigenvalue weighted by Crippen LogP contribution is -2.32. The maximum atomic E-state index is 6.02. The van der Waals surface area contributed by atoms with E-state index in [1.807, 2.05) is 44.3 Å². The van der Waals surface area contributed by atoms with Gasteiger partial charge in [0.25, 0.3) is 0 Å². The Morgan fingerprint density at radius 3 is 2.76 bits per heavy atom. The molecule has 25 heavy (non-hydrogen) atoms. The molecular formula is C19H21N5O. The first-order chi connectivity index (χ1) is 12.1. The van der Waals surface area contributed by atoms with E-state index in [0.717, 1.165) is 59.2 Å². The summed E-state index contributed by atoms with van der Waals surface area (Å²) in [5, 5.41) is 0. The number of rotatable bonds is 4. The Balaban J connectivity index is 1.42. The van der Waals surface area contributed by atoms with E-state index in [0.29, 0.717) is 0 Å². The molecule has 0 fully saturated rings. The van der Waals surface area contributed by atoms with Crippen molar-refractivity contribution in [1.82, 2.24) is 24.8 Å². The van der Waals surface area contributed by atoms with Crippen molar-refractivity contribution in [3.05, 3.63) is 53.2 Å². The fourth-order valence-electron chi connectivity index (χ4n) is 3.33. The van der Waals surface area contributed by atoms with Crippen molar-refractivity contribution in [1.29, 1.82) is 0 Å². The molecule has 0 amide bonds. The highest BCUT2D eigenvalue weighted by Crippen LogP contribution is 2.28. The average Bonchev–Trinajstić information content (AvgIpc) is 2.97. The molecule has 1 atom stereocenters. The Hall–Kier alpha value is -2.60. The summed E-state index contributed by atoms with van der Waals surface area (Å²) in [6.07, 6.45) is 2.81. The van der Waals surface area contributed by atoms with Gasteiger partial charge in [0.2, 0.25) is 5.88 Å². The van der Waals surface area contributed by atoms with E-state index in [2.05, 4.69) is 31.9 Å². The molecule has 0 N–H and O–H groups in total. The van der Waals surface area contributed by atoms with Crippen molar-refractivity contribution >= 4 is 11.0 Å². The predicted octanol–water partition coefficient (Wildman–Crippen LogP) is 2.47. The van der Waals surface area contributed by atoms with Crippen LogP contribution in [0.25, 0.3) is 11.0 Å². The minimum Gasteiger partial charge on any atom is -0.472 e. The summed E-state index contributed by atoms with van der Waals surface area (Å²) < 4.78 is 6.02. The van der Waals surface area contributed by atoms with Gasteiger partial charge in [0, 0.05) is 30.8 Å². The van der Waals surface area contributed by atoms with E-state index in [1.54, 1.807) is 0 Å². The lowest BCUT2D eigenvalue weighted by molar-refractivity contribution is 0.160. The zero-order valence-corrected chi connectivity index (χ0v) is 14.7. The smallest absolute Gasteiger partial charge is 0.220 e. The standard InChI is InChI=1S/C19H21N5O/c1-12-16-8-15(25-19(16)22-13(2)21-12)11-24(3)10-14-9-20-17-6-4-5-7-18(17)23-14/h4-7,9,15H,8,10-11H2,1-3H3/t15-/m0/s1. The Morgan fingerprint density at radius 1 is 1.12 bits per heavy atom. The topological polar surface area (TPSA) is 64.0 Å². The van der Waals surface area contributed by atoms with Gasteiger partial charge in [-0.05, 0) is 33.0 Å². The molecule has 0 bridgehead atoms. The number of hydrogen-bond donors (Lipinski definition) is 0. The Morgan fingerprint density at radius 2 is 1.92 bits per heavy atom. The average molecular weight is 335 g/mol. The maximum absolute atomic E-state index is 6.02. The predicted molar refractivity (Wildman–Crippen MR) is 95.5 cm³/mol. The van der Waals surface area contributed by atoms with Gasteiger partial charge in [0.05, 0.1) is 22.9 Å². The van der Waals surface area contributed by atoms with Crippen molar-refractivity contribution in [3.8, 4) is 5.88 Å². The van der Waals surface area contributed by atoms with Gasteiger partial charge in [0.1, 0.15) is 11.9 Å². The normalized spacial score (nSPS) is 16.2. The molecule has 0 radical (unpaired) electrons. The minimum atomic E-state index is 0.100. The molecule has 1 aliphatic heterocycles. The van der Waals surface area contributed by atoms with Crippen LogP contribution in [0, 0.1) is 13.8 Å². The molecule has 0 saturated carbocycles. The molecule has 4 rings (SSSR count). The van der Waals surface area contributed by atoms with Crippen LogP contribution >= 0.6 is 0 Å². The monoisotopic (exact) mass is 335 g/mol. The molecular weight excluding hydrogens is 314 g/mol. The number of aromatic nitrogens is 4. The number of para-hydroxylation sites is 2. The third kappa shape index (κ3) is 3.30. The summed E-state index contributed by atoms with van der Waals surface area (Å²) in [6.45, 7) is 5.46. The number of likely N-dealkylation sites (N-methyl/N-ethyl adjacent to an activating group) is 1. The second kappa shape index (κ2) is 6.37. The summed E-state index contributed by atoms with van der Waals surface area (Å²) in [6, 6.07) is 7.93. The lowest BCUT2D eigenvalue weighted by Gasteiger charge is -2.20. The van der Waals surface area contributed by atoms with Gasteiger partial charge in [-0.3, -0.25) is 9.88 Å². The molecule has 3 aromatic rings. The number of nitrogens with zero attached hydrogens (tertiary/aromatic N) is 5. The molecule has 3 heterocycles. The van der Waals surface area contributed by atoms with Gasteiger partial charge in [0.15, 0.2) is 0 Å². The summed E-state index contributed by atoms with van der Waals surface area (Å²) in [4.78, 5) is 20.2. The van der Waals surface area contributed by atoms with Crippen LogP contribution < -0.4 is 4.74 Å². The highest BCUT2D eigenvalue weighted by Gasteiger charge is 2.27. The summed E-state index contributed by atoms with van der Waals surface area (Å²) in [5.41, 5.74) is 4.97. The number of aryl methyl sites for hydroxylation is 2. The number of benzene rings is 1. The Labute approximate surface area is 146 Å². The lowest BCUT2D eigenvalue weighted by atomic mass is 10.1. The fraction of sp³-hybridized carbons (Fsp3) is 0.368. The number of fused-ring (bicyclic) bond motifs is 2. The SMILES string of the molecule is Cc1nc(C)c2c(n1)O[C@H](CN(C)Cc1cnc3ccccc3n1)C2. The Bertz CT molecular complexity index is 927. The van der Waals surface area contributed by atoms with Gasteiger partial charge in [-0.25, -0.2) is 9.97 Å². The van der Waals surface area contributed by atoms with Crippen LogP contribution in [0.3, 0.4) is 0 Å². The van der Waals surface area contributed by atoms with E-state index in [1.165, 1.54) is 0 Å². The molecule has 0 unspecified atom stereocenters. The highest BCUT2D eigenvalue weighted by atomic mass is 16.5. The highest BCUT2D eigenvalue weighted by molar-refractivity contribution is 5.73. The first-order valence-electron chi connectivity index (χ1n) is 8.48. The molecule has 0 aliphatic carbocycles. The zero-order valence-electron chi connectivity index (χ0n) is 14.7. The number of ether oxygens (including phenoxy) is 1. The van der Waals surface area contributed by atoms with E-state index in [-0.39, 0.29) is 6.10 Å². The first kappa shape index (κ1) is 15.9. The molecule has 1 aromatic carbocycles. The van der Waals surface area contributed by atoms with Crippen molar-refractivity contribution in [2.75, 3.05) is 13.6 Å².